The van der Waals surface area contributed by atoms with Crippen LogP contribution in [0.3, 0.4) is 0 Å². The van der Waals surface area contributed by atoms with Crippen molar-refractivity contribution in [3.8, 4) is 11.5 Å². The maximum absolute atomic E-state index is 5.84. The third-order valence-electron chi connectivity index (χ3n) is 5.43. The average molecular weight is 395 g/mol. The van der Waals surface area contributed by atoms with E-state index < -0.39 is 0 Å². The van der Waals surface area contributed by atoms with Crippen LogP contribution in [0.25, 0.3) is 0 Å². The van der Waals surface area contributed by atoms with Crippen molar-refractivity contribution in [2.24, 2.45) is 4.99 Å². The van der Waals surface area contributed by atoms with E-state index in [0.29, 0.717) is 13.2 Å². The van der Waals surface area contributed by atoms with Crippen molar-refractivity contribution in [3.63, 3.8) is 0 Å². The van der Waals surface area contributed by atoms with E-state index in [2.05, 4.69) is 20.9 Å². The Morgan fingerprint density at radius 1 is 1.07 bits per heavy atom. The number of ether oxygens (including phenoxy) is 2. The standard InChI is InChI=1S/C23H30N4O2/c1-3-28-19-8-9-22(29-4-2)17(13-19)15-27-12-10-20-18(16-27)14-25-23(26-20)21-7-5-6-11-24-21/h8-9,13-14H,3-7,10-12,15-16H2,1-2H3. The smallest absolute Gasteiger partial charge is 0.173 e. The van der Waals surface area contributed by atoms with E-state index in [0.717, 1.165) is 67.6 Å². The molecule has 2 aliphatic heterocycles. The van der Waals surface area contributed by atoms with Gasteiger partial charge >= 0.3 is 0 Å². The summed E-state index contributed by atoms with van der Waals surface area (Å²) in [5.41, 5.74) is 4.63. The SMILES string of the molecule is CCOc1ccc(OCC)c(CN2CCc3nc(C4=NCCCC4)ncc3C2)c1. The van der Waals surface area contributed by atoms with E-state index in [1.165, 1.54) is 24.1 Å². The summed E-state index contributed by atoms with van der Waals surface area (Å²) in [7, 11) is 0. The van der Waals surface area contributed by atoms with Crippen molar-refractivity contribution in [2.45, 2.75) is 52.6 Å². The topological polar surface area (TPSA) is 59.8 Å². The number of rotatable bonds is 7. The fourth-order valence-electron chi connectivity index (χ4n) is 4.00. The number of hydrogen-bond acceptors (Lipinski definition) is 6. The Morgan fingerprint density at radius 3 is 2.76 bits per heavy atom. The van der Waals surface area contributed by atoms with Gasteiger partial charge in [-0.25, -0.2) is 9.97 Å². The van der Waals surface area contributed by atoms with E-state index in [1.807, 2.05) is 32.2 Å². The first kappa shape index (κ1) is 19.8. The first-order valence-corrected chi connectivity index (χ1v) is 10.8. The molecule has 2 aliphatic rings. The van der Waals surface area contributed by atoms with Crippen LogP contribution >= 0.6 is 0 Å². The van der Waals surface area contributed by atoms with Crippen LogP contribution < -0.4 is 9.47 Å². The molecule has 0 fully saturated rings. The first-order chi connectivity index (χ1) is 14.3. The largest absolute Gasteiger partial charge is 0.494 e. The zero-order valence-corrected chi connectivity index (χ0v) is 17.5. The van der Waals surface area contributed by atoms with Crippen molar-refractivity contribution >= 4 is 5.71 Å². The maximum Gasteiger partial charge on any atom is 0.173 e. The van der Waals surface area contributed by atoms with Gasteiger partial charge < -0.3 is 9.47 Å². The van der Waals surface area contributed by atoms with Gasteiger partial charge in [0.1, 0.15) is 11.5 Å². The molecule has 0 bridgehead atoms. The third kappa shape index (κ3) is 4.75. The van der Waals surface area contributed by atoms with E-state index in [-0.39, 0.29) is 0 Å². The molecule has 0 unspecified atom stereocenters. The van der Waals surface area contributed by atoms with E-state index >= 15 is 0 Å². The number of hydrogen-bond donors (Lipinski definition) is 0. The molecule has 2 aromatic rings. The Labute approximate surface area is 173 Å². The molecule has 0 saturated heterocycles. The number of aromatic nitrogens is 2. The minimum absolute atomic E-state index is 0.657. The van der Waals surface area contributed by atoms with Gasteiger partial charge in [0.2, 0.25) is 0 Å². The quantitative estimate of drug-likeness (QED) is 0.715. The number of nitrogens with zero attached hydrogens (tertiary/aromatic N) is 4. The van der Waals surface area contributed by atoms with Crippen LogP contribution in [0.1, 0.15) is 55.8 Å². The highest BCUT2D eigenvalue weighted by atomic mass is 16.5. The van der Waals surface area contributed by atoms with Gasteiger partial charge in [0, 0.05) is 49.9 Å². The molecule has 6 nitrogen and oxygen atoms in total. The third-order valence-corrected chi connectivity index (χ3v) is 5.43. The van der Waals surface area contributed by atoms with Crippen LogP contribution in [0, 0.1) is 0 Å². The Morgan fingerprint density at radius 2 is 1.97 bits per heavy atom. The zero-order valence-electron chi connectivity index (χ0n) is 17.5. The number of aliphatic imine (C=N–C) groups is 1. The Hall–Kier alpha value is -2.47. The monoisotopic (exact) mass is 394 g/mol. The predicted octanol–water partition coefficient (Wildman–Crippen LogP) is 3.81. The molecule has 29 heavy (non-hydrogen) atoms. The summed E-state index contributed by atoms with van der Waals surface area (Å²) in [5.74, 6) is 2.66. The molecule has 0 saturated carbocycles. The average Bonchev–Trinajstić information content (AvgIpc) is 2.76. The lowest BCUT2D eigenvalue weighted by atomic mass is 10.0. The summed E-state index contributed by atoms with van der Waals surface area (Å²) in [6.07, 6.45) is 6.31. The number of benzene rings is 1. The molecule has 1 aromatic heterocycles. The molecule has 0 atom stereocenters. The minimum atomic E-state index is 0.657. The second kappa shape index (κ2) is 9.35. The normalized spacial score (nSPS) is 16.8. The molecule has 1 aromatic carbocycles. The van der Waals surface area contributed by atoms with Gasteiger partial charge in [-0.3, -0.25) is 9.89 Å². The molecular formula is C23H30N4O2. The Bertz CT molecular complexity index is 881. The van der Waals surface area contributed by atoms with Crippen LogP contribution in [0.2, 0.25) is 0 Å². The van der Waals surface area contributed by atoms with Crippen molar-refractivity contribution in [1.82, 2.24) is 14.9 Å². The van der Waals surface area contributed by atoms with Crippen molar-refractivity contribution in [1.29, 1.82) is 0 Å². The fraction of sp³-hybridized carbons (Fsp3) is 0.522. The highest BCUT2D eigenvalue weighted by molar-refractivity contribution is 5.97. The van der Waals surface area contributed by atoms with E-state index in [4.69, 9.17) is 14.5 Å². The lowest BCUT2D eigenvalue weighted by molar-refractivity contribution is 0.236. The summed E-state index contributed by atoms with van der Waals surface area (Å²) in [4.78, 5) is 16.5. The Balaban J connectivity index is 1.49. The lowest BCUT2D eigenvalue weighted by Crippen LogP contribution is -2.31. The summed E-state index contributed by atoms with van der Waals surface area (Å²) in [5, 5.41) is 0. The molecule has 4 rings (SSSR count). The summed E-state index contributed by atoms with van der Waals surface area (Å²) >= 11 is 0. The molecule has 154 valence electrons. The van der Waals surface area contributed by atoms with E-state index in [1.54, 1.807) is 0 Å². The molecule has 0 aliphatic carbocycles. The first-order valence-electron chi connectivity index (χ1n) is 10.8. The van der Waals surface area contributed by atoms with Crippen LogP contribution in [0.4, 0.5) is 0 Å². The molecule has 0 spiro atoms. The predicted molar refractivity (Wildman–Crippen MR) is 114 cm³/mol. The highest BCUT2D eigenvalue weighted by Crippen LogP contribution is 2.28. The van der Waals surface area contributed by atoms with Gasteiger partial charge in [-0.15, -0.1) is 0 Å². The fourth-order valence-corrected chi connectivity index (χ4v) is 4.00. The van der Waals surface area contributed by atoms with Crippen molar-refractivity contribution < 1.29 is 9.47 Å². The van der Waals surface area contributed by atoms with Crippen LogP contribution in [-0.4, -0.2) is 46.9 Å². The van der Waals surface area contributed by atoms with Gasteiger partial charge in [0.15, 0.2) is 5.82 Å². The second-order valence-corrected chi connectivity index (χ2v) is 7.55. The van der Waals surface area contributed by atoms with Gasteiger partial charge in [0.05, 0.1) is 24.6 Å². The summed E-state index contributed by atoms with van der Waals surface area (Å²) in [6.45, 7) is 8.90. The molecule has 0 N–H and O–H groups in total. The van der Waals surface area contributed by atoms with Crippen LogP contribution in [0.5, 0.6) is 11.5 Å². The van der Waals surface area contributed by atoms with Crippen LogP contribution in [-0.2, 0) is 19.5 Å². The van der Waals surface area contributed by atoms with Gasteiger partial charge in [-0.1, -0.05) is 0 Å². The Kier molecular flexibility index (Phi) is 6.39. The second-order valence-electron chi connectivity index (χ2n) is 7.55. The van der Waals surface area contributed by atoms with Gasteiger partial charge in [-0.05, 0) is 51.3 Å². The summed E-state index contributed by atoms with van der Waals surface area (Å²) < 4.78 is 11.5. The molecular weight excluding hydrogens is 364 g/mol. The molecule has 0 amide bonds. The van der Waals surface area contributed by atoms with Gasteiger partial charge in [-0.2, -0.15) is 0 Å². The van der Waals surface area contributed by atoms with E-state index in [9.17, 15) is 0 Å². The van der Waals surface area contributed by atoms with Gasteiger partial charge in [0.25, 0.3) is 0 Å². The maximum atomic E-state index is 5.84. The highest BCUT2D eigenvalue weighted by Gasteiger charge is 2.21. The van der Waals surface area contributed by atoms with Crippen LogP contribution in [0.15, 0.2) is 29.4 Å². The lowest BCUT2D eigenvalue weighted by Gasteiger charge is -2.29. The van der Waals surface area contributed by atoms with Crippen molar-refractivity contribution in [2.75, 3.05) is 26.3 Å². The zero-order chi connectivity index (χ0) is 20.1. The molecule has 3 heterocycles. The minimum Gasteiger partial charge on any atom is -0.494 e. The molecule has 6 heteroatoms. The summed E-state index contributed by atoms with van der Waals surface area (Å²) in [6, 6.07) is 6.10. The molecule has 0 radical (unpaired) electrons. The number of fused-ring (bicyclic) bond motifs is 1. The van der Waals surface area contributed by atoms with Crippen molar-refractivity contribution in [3.05, 3.63) is 47.0 Å².